The van der Waals surface area contributed by atoms with E-state index in [0.717, 1.165) is 5.56 Å². The van der Waals surface area contributed by atoms with Crippen molar-refractivity contribution in [2.24, 2.45) is 0 Å². The average Bonchev–Trinajstić information content (AvgIpc) is 2.74. The Balaban J connectivity index is 2.14. The minimum absolute atomic E-state index is 0.433. The lowest BCUT2D eigenvalue weighted by Crippen LogP contribution is -2.09. The molecule has 0 amide bonds. The van der Waals surface area contributed by atoms with E-state index < -0.39 is 6.10 Å². The lowest BCUT2D eigenvalue weighted by Gasteiger charge is -2.12. The second kappa shape index (κ2) is 4.45. The molecular weight excluding hydrogens is 202 g/mol. The highest BCUT2D eigenvalue weighted by Gasteiger charge is 2.09. The molecule has 0 aliphatic carbocycles. The lowest BCUT2D eigenvalue weighted by atomic mass is 10.0. The third-order valence-corrected chi connectivity index (χ3v) is 2.74. The largest absolute Gasteiger partial charge is 0.386 e. The molecule has 0 spiro atoms. The molecule has 1 heterocycles. The van der Waals surface area contributed by atoms with Crippen LogP contribution in [0, 0.1) is 13.8 Å². The Labute approximate surface area is 94.6 Å². The number of hydrogen-bond acceptors (Lipinski definition) is 3. The summed E-state index contributed by atoms with van der Waals surface area (Å²) in [6, 6.07) is 5.98. The smallest absolute Gasteiger partial charge is 0.137 e. The zero-order chi connectivity index (χ0) is 11.5. The molecule has 0 bridgehead atoms. The van der Waals surface area contributed by atoms with E-state index in [2.05, 4.69) is 17.0 Å². The molecule has 0 saturated heterocycles. The first-order valence-corrected chi connectivity index (χ1v) is 5.24. The van der Waals surface area contributed by atoms with Gasteiger partial charge in [-0.1, -0.05) is 18.2 Å². The highest BCUT2D eigenvalue weighted by molar-refractivity contribution is 5.30. The fourth-order valence-electron chi connectivity index (χ4n) is 1.58. The van der Waals surface area contributed by atoms with Crippen LogP contribution in [0.2, 0.25) is 0 Å². The van der Waals surface area contributed by atoms with E-state index in [1.54, 1.807) is 11.0 Å². The second-order valence-electron chi connectivity index (χ2n) is 3.98. The van der Waals surface area contributed by atoms with Crippen molar-refractivity contribution in [2.45, 2.75) is 26.5 Å². The molecule has 16 heavy (non-hydrogen) atoms. The fraction of sp³-hybridized carbons (Fsp3) is 0.333. The molecule has 84 valence electrons. The van der Waals surface area contributed by atoms with Gasteiger partial charge >= 0.3 is 0 Å². The quantitative estimate of drug-likeness (QED) is 0.850. The Hall–Kier alpha value is -1.68. The van der Waals surface area contributed by atoms with Gasteiger partial charge in [-0.25, -0.2) is 4.98 Å². The first-order chi connectivity index (χ1) is 7.66. The predicted octanol–water partition coefficient (Wildman–Crippen LogP) is 1.63. The maximum atomic E-state index is 10.0. The van der Waals surface area contributed by atoms with Gasteiger partial charge in [0.05, 0.1) is 12.6 Å². The molecule has 1 aromatic heterocycles. The van der Waals surface area contributed by atoms with Crippen LogP contribution >= 0.6 is 0 Å². The zero-order valence-corrected chi connectivity index (χ0v) is 9.46. The Morgan fingerprint density at radius 3 is 2.75 bits per heavy atom. The van der Waals surface area contributed by atoms with Crippen LogP contribution in [0.15, 0.2) is 30.9 Å². The summed E-state index contributed by atoms with van der Waals surface area (Å²) < 4.78 is 1.62. The summed E-state index contributed by atoms with van der Waals surface area (Å²) in [6.07, 6.45) is 2.53. The number of benzene rings is 1. The van der Waals surface area contributed by atoms with Crippen LogP contribution in [-0.4, -0.2) is 19.9 Å². The molecule has 2 rings (SSSR count). The third kappa shape index (κ3) is 2.28. The molecule has 4 nitrogen and oxygen atoms in total. The SMILES string of the molecule is Cc1ccc(C(O)Cn2cncn2)cc1C. The molecule has 4 heteroatoms. The Kier molecular flexibility index (Phi) is 3.01. The van der Waals surface area contributed by atoms with Crippen LogP contribution in [0.1, 0.15) is 22.8 Å². The monoisotopic (exact) mass is 217 g/mol. The fourth-order valence-corrected chi connectivity index (χ4v) is 1.58. The number of aliphatic hydroxyl groups excluding tert-OH is 1. The molecule has 0 radical (unpaired) electrons. The van der Waals surface area contributed by atoms with E-state index in [4.69, 9.17) is 0 Å². The van der Waals surface area contributed by atoms with Crippen molar-refractivity contribution in [3.8, 4) is 0 Å². The number of hydrogen-bond donors (Lipinski definition) is 1. The number of nitrogens with zero attached hydrogens (tertiary/aromatic N) is 3. The van der Waals surface area contributed by atoms with E-state index in [1.165, 1.54) is 17.5 Å². The number of aliphatic hydroxyl groups is 1. The van der Waals surface area contributed by atoms with E-state index in [9.17, 15) is 5.11 Å². The highest BCUT2D eigenvalue weighted by atomic mass is 16.3. The molecule has 1 atom stereocenters. The van der Waals surface area contributed by atoms with Gasteiger partial charge < -0.3 is 5.11 Å². The van der Waals surface area contributed by atoms with Crippen LogP contribution in [-0.2, 0) is 6.54 Å². The van der Waals surface area contributed by atoms with Crippen LogP contribution in [0.5, 0.6) is 0 Å². The van der Waals surface area contributed by atoms with Gasteiger partial charge in [-0.3, -0.25) is 4.68 Å². The van der Waals surface area contributed by atoms with Crippen molar-refractivity contribution in [1.82, 2.24) is 14.8 Å². The van der Waals surface area contributed by atoms with Gasteiger partial charge in [-0.15, -0.1) is 0 Å². The van der Waals surface area contributed by atoms with Crippen LogP contribution in [0.25, 0.3) is 0 Å². The van der Waals surface area contributed by atoms with Gasteiger partial charge in [0.15, 0.2) is 0 Å². The van der Waals surface area contributed by atoms with Crippen molar-refractivity contribution in [2.75, 3.05) is 0 Å². The summed E-state index contributed by atoms with van der Waals surface area (Å²) in [6.45, 7) is 4.53. The van der Waals surface area contributed by atoms with E-state index in [-0.39, 0.29) is 0 Å². The molecule has 2 aromatic rings. The van der Waals surface area contributed by atoms with Gasteiger partial charge in [0.1, 0.15) is 12.7 Å². The molecule has 0 fully saturated rings. The topological polar surface area (TPSA) is 50.9 Å². The molecule has 1 N–H and O–H groups in total. The summed E-state index contributed by atoms with van der Waals surface area (Å²) in [5.74, 6) is 0. The minimum atomic E-state index is -0.541. The number of rotatable bonds is 3. The second-order valence-corrected chi connectivity index (χ2v) is 3.98. The molecule has 0 aliphatic heterocycles. The Morgan fingerprint density at radius 2 is 2.12 bits per heavy atom. The molecule has 0 saturated carbocycles. The van der Waals surface area contributed by atoms with E-state index >= 15 is 0 Å². The molecule has 1 unspecified atom stereocenters. The van der Waals surface area contributed by atoms with E-state index in [0.29, 0.717) is 6.54 Å². The third-order valence-electron chi connectivity index (χ3n) is 2.74. The first-order valence-electron chi connectivity index (χ1n) is 5.24. The zero-order valence-electron chi connectivity index (χ0n) is 9.46. The standard InChI is InChI=1S/C12H15N3O/c1-9-3-4-11(5-10(9)2)12(16)6-15-8-13-7-14-15/h3-5,7-8,12,16H,6H2,1-2H3. The van der Waals surface area contributed by atoms with Crippen molar-refractivity contribution in [3.05, 3.63) is 47.5 Å². The van der Waals surface area contributed by atoms with Gasteiger partial charge in [-0.05, 0) is 30.5 Å². The summed E-state index contributed by atoms with van der Waals surface area (Å²) in [7, 11) is 0. The summed E-state index contributed by atoms with van der Waals surface area (Å²) in [5, 5.41) is 14.0. The number of aryl methyl sites for hydroxylation is 2. The van der Waals surface area contributed by atoms with Gasteiger partial charge in [0.2, 0.25) is 0 Å². The Morgan fingerprint density at radius 1 is 1.31 bits per heavy atom. The molecular formula is C12H15N3O. The van der Waals surface area contributed by atoms with Crippen LogP contribution in [0.3, 0.4) is 0 Å². The summed E-state index contributed by atoms with van der Waals surface area (Å²) in [5.41, 5.74) is 3.34. The van der Waals surface area contributed by atoms with Gasteiger partial charge in [-0.2, -0.15) is 5.10 Å². The number of aromatic nitrogens is 3. The van der Waals surface area contributed by atoms with Crippen molar-refractivity contribution in [3.63, 3.8) is 0 Å². The molecule has 1 aromatic carbocycles. The maximum absolute atomic E-state index is 10.0. The van der Waals surface area contributed by atoms with Crippen LogP contribution in [0.4, 0.5) is 0 Å². The molecule has 0 aliphatic rings. The van der Waals surface area contributed by atoms with Gasteiger partial charge in [0, 0.05) is 0 Å². The first kappa shape index (κ1) is 10.8. The average molecular weight is 217 g/mol. The highest BCUT2D eigenvalue weighted by Crippen LogP contribution is 2.18. The predicted molar refractivity (Wildman–Crippen MR) is 60.9 cm³/mol. The normalized spacial score (nSPS) is 12.7. The summed E-state index contributed by atoms with van der Waals surface area (Å²) >= 11 is 0. The maximum Gasteiger partial charge on any atom is 0.137 e. The minimum Gasteiger partial charge on any atom is -0.386 e. The van der Waals surface area contributed by atoms with Crippen molar-refractivity contribution >= 4 is 0 Å². The van der Waals surface area contributed by atoms with E-state index in [1.807, 2.05) is 25.1 Å². The Bertz CT molecular complexity index is 465. The lowest BCUT2D eigenvalue weighted by molar-refractivity contribution is 0.151. The van der Waals surface area contributed by atoms with Crippen molar-refractivity contribution < 1.29 is 5.11 Å². The summed E-state index contributed by atoms with van der Waals surface area (Å²) in [4.78, 5) is 3.84. The van der Waals surface area contributed by atoms with Crippen molar-refractivity contribution in [1.29, 1.82) is 0 Å². The van der Waals surface area contributed by atoms with Gasteiger partial charge in [0.25, 0.3) is 0 Å². The van der Waals surface area contributed by atoms with Crippen LogP contribution < -0.4 is 0 Å².